The second kappa shape index (κ2) is 7.62. The molecule has 1 aromatic heterocycles. The molecule has 2 rings (SSSR count). The summed E-state index contributed by atoms with van der Waals surface area (Å²) in [7, 11) is 3.05. The van der Waals surface area contributed by atoms with E-state index < -0.39 is 12.1 Å². The predicted molar refractivity (Wildman–Crippen MR) is 83.6 cm³/mol. The van der Waals surface area contributed by atoms with Crippen LogP contribution in [0.2, 0.25) is 0 Å². The fourth-order valence-corrected chi connectivity index (χ4v) is 2.35. The smallest absolute Gasteiger partial charge is 0.321 e. The SMILES string of the molecule is COc1ccc(OC)c([C@H](O)CNC(=O)Nc2nccs2)c1. The number of hydrogen-bond acceptors (Lipinski definition) is 6. The molecule has 0 fully saturated rings. The van der Waals surface area contributed by atoms with E-state index in [4.69, 9.17) is 9.47 Å². The highest BCUT2D eigenvalue weighted by Crippen LogP contribution is 2.29. The van der Waals surface area contributed by atoms with E-state index in [0.29, 0.717) is 22.2 Å². The number of aliphatic hydroxyl groups excluding tert-OH is 1. The first-order valence-corrected chi connectivity index (χ1v) is 7.36. The van der Waals surface area contributed by atoms with Crippen LogP contribution in [0.1, 0.15) is 11.7 Å². The molecule has 0 aliphatic rings. The van der Waals surface area contributed by atoms with Crippen molar-refractivity contribution in [2.45, 2.75) is 6.10 Å². The van der Waals surface area contributed by atoms with Crippen LogP contribution in [0.3, 0.4) is 0 Å². The van der Waals surface area contributed by atoms with E-state index in [1.807, 2.05) is 0 Å². The molecule has 0 unspecified atom stereocenters. The summed E-state index contributed by atoms with van der Waals surface area (Å²) in [6, 6.07) is 4.67. The molecule has 2 aromatic rings. The number of methoxy groups -OCH3 is 2. The van der Waals surface area contributed by atoms with Gasteiger partial charge < -0.3 is 19.9 Å². The standard InChI is InChI=1S/C14H17N3O4S/c1-20-9-3-4-12(21-2)10(7-9)11(18)8-16-13(19)17-14-15-5-6-22-14/h3-7,11,18H,8H2,1-2H3,(H2,15,16,17,19)/t11-/m1/s1. The Balaban J connectivity index is 1.96. The molecular weight excluding hydrogens is 306 g/mol. The summed E-state index contributed by atoms with van der Waals surface area (Å²) >= 11 is 1.31. The molecule has 0 aliphatic heterocycles. The lowest BCUT2D eigenvalue weighted by Gasteiger charge is -2.16. The zero-order valence-corrected chi connectivity index (χ0v) is 13.0. The summed E-state index contributed by atoms with van der Waals surface area (Å²) in [5.74, 6) is 1.12. The fourth-order valence-electron chi connectivity index (χ4n) is 1.83. The highest BCUT2D eigenvalue weighted by molar-refractivity contribution is 7.13. The van der Waals surface area contributed by atoms with Crippen LogP contribution in [0.15, 0.2) is 29.8 Å². The van der Waals surface area contributed by atoms with E-state index >= 15 is 0 Å². The number of hydrogen-bond donors (Lipinski definition) is 3. The first kappa shape index (κ1) is 16.1. The van der Waals surface area contributed by atoms with E-state index in [2.05, 4.69) is 15.6 Å². The average Bonchev–Trinajstić information content (AvgIpc) is 3.04. The summed E-state index contributed by atoms with van der Waals surface area (Å²) in [5.41, 5.74) is 0.538. The molecule has 0 saturated carbocycles. The van der Waals surface area contributed by atoms with Gasteiger partial charge in [-0.25, -0.2) is 9.78 Å². The lowest BCUT2D eigenvalue weighted by atomic mass is 10.1. The number of nitrogens with zero attached hydrogens (tertiary/aromatic N) is 1. The number of amides is 2. The molecule has 0 saturated heterocycles. The third-order valence-electron chi connectivity index (χ3n) is 2.90. The number of urea groups is 1. The monoisotopic (exact) mass is 323 g/mol. The summed E-state index contributed by atoms with van der Waals surface area (Å²) in [6.45, 7) is 0.0285. The van der Waals surface area contributed by atoms with Crippen LogP contribution < -0.4 is 20.1 Å². The number of carbonyl (C=O) groups is 1. The van der Waals surface area contributed by atoms with Crippen molar-refractivity contribution >= 4 is 22.5 Å². The molecule has 22 heavy (non-hydrogen) atoms. The first-order chi connectivity index (χ1) is 10.6. The topological polar surface area (TPSA) is 92.7 Å². The maximum absolute atomic E-state index is 11.7. The quantitative estimate of drug-likeness (QED) is 0.756. The Bertz CT molecular complexity index is 619. The third-order valence-corrected chi connectivity index (χ3v) is 3.59. The van der Waals surface area contributed by atoms with Crippen molar-refractivity contribution in [1.29, 1.82) is 0 Å². The molecule has 0 bridgehead atoms. The van der Waals surface area contributed by atoms with E-state index in [-0.39, 0.29) is 6.54 Å². The molecule has 1 heterocycles. The van der Waals surface area contributed by atoms with Crippen molar-refractivity contribution in [2.75, 3.05) is 26.1 Å². The Kier molecular flexibility index (Phi) is 5.56. The lowest BCUT2D eigenvalue weighted by molar-refractivity contribution is 0.170. The number of rotatable bonds is 6. The summed E-state index contributed by atoms with van der Waals surface area (Å²) in [6.07, 6.45) is 0.670. The largest absolute Gasteiger partial charge is 0.497 e. The van der Waals surface area contributed by atoms with Gasteiger partial charge in [-0.2, -0.15) is 0 Å². The van der Waals surface area contributed by atoms with Crippen molar-refractivity contribution in [3.8, 4) is 11.5 Å². The summed E-state index contributed by atoms with van der Waals surface area (Å²) in [5, 5.41) is 17.6. The minimum atomic E-state index is -0.924. The van der Waals surface area contributed by atoms with Crippen LogP contribution in [0.25, 0.3) is 0 Å². The number of aliphatic hydroxyl groups is 1. The van der Waals surface area contributed by atoms with E-state index in [1.165, 1.54) is 25.6 Å². The first-order valence-electron chi connectivity index (χ1n) is 6.48. The summed E-state index contributed by atoms with van der Waals surface area (Å²) in [4.78, 5) is 15.6. The number of nitrogens with one attached hydrogen (secondary N) is 2. The molecule has 0 radical (unpaired) electrons. The number of carbonyl (C=O) groups excluding carboxylic acids is 1. The maximum atomic E-state index is 11.7. The molecule has 7 nitrogen and oxygen atoms in total. The van der Waals surface area contributed by atoms with Crippen LogP contribution >= 0.6 is 11.3 Å². The molecule has 1 aromatic carbocycles. The maximum Gasteiger partial charge on any atom is 0.321 e. The molecular formula is C14H17N3O4S. The number of thiazole rings is 1. The van der Waals surface area contributed by atoms with Gasteiger partial charge >= 0.3 is 6.03 Å². The molecule has 8 heteroatoms. The molecule has 3 N–H and O–H groups in total. The van der Waals surface area contributed by atoms with Crippen LogP contribution in [0.4, 0.5) is 9.93 Å². The number of ether oxygens (including phenoxy) is 2. The average molecular weight is 323 g/mol. The lowest BCUT2D eigenvalue weighted by Crippen LogP contribution is -2.32. The second-order valence-electron chi connectivity index (χ2n) is 4.30. The van der Waals surface area contributed by atoms with Crippen molar-refractivity contribution in [1.82, 2.24) is 10.3 Å². The van der Waals surface area contributed by atoms with Crippen LogP contribution in [-0.4, -0.2) is 36.9 Å². The van der Waals surface area contributed by atoms with E-state index in [9.17, 15) is 9.90 Å². The van der Waals surface area contributed by atoms with Crippen molar-refractivity contribution < 1.29 is 19.4 Å². The molecule has 118 valence electrons. The van der Waals surface area contributed by atoms with E-state index in [1.54, 1.807) is 29.8 Å². The Morgan fingerprint density at radius 3 is 2.86 bits per heavy atom. The highest BCUT2D eigenvalue weighted by atomic mass is 32.1. The number of aromatic nitrogens is 1. The normalized spacial score (nSPS) is 11.6. The number of benzene rings is 1. The van der Waals surface area contributed by atoms with Gasteiger partial charge in [0.25, 0.3) is 0 Å². The summed E-state index contributed by atoms with van der Waals surface area (Å²) < 4.78 is 10.3. The van der Waals surface area contributed by atoms with Gasteiger partial charge in [0.2, 0.25) is 0 Å². The van der Waals surface area contributed by atoms with Gasteiger partial charge in [-0.3, -0.25) is 5.32 Å². The fraction of sp³-hybridized carbons (Fsp3) is 0.286. The molecule has 0 spiro atoms. The van der Waals surface area contributed by atoms with Gasteiger partial charge in [0.15, 0.2) is 5.13 Å². The van der Waals surface area contributed by atoms with Crippen molar-refractivity contribution in [3.05, 3.63) is 35.3 Å². The van der Waals surface area contributed by atoms with Crippen molar-refractivity contribution in [3.63, 3.8) is 0 Å². The molecule has 0 aliphatic carbocycles. The van der Waals surface area contributed by atoms with E-state index in [0.717, 1.165) is 0 Å². The van der Waals surface area contributed by atoms with Gasteiger partial charge in [0.1, 0.15) is 17.6 Å². The van der Waals surface area contributed by atoms with Gasteiger partial charge in [-0.1, -0.05) is 0 Å². The second-order valence-corrected chi connectivity index (χ2v) is 5.19. The van der Waals surface area contributed by atoms with Gasteiger partial charge in [0, 0.05) is 23.7 Å². The number of anilines is 1. The Labute approximate surface area is 131 Å². The third kappa shape index (κ3) is 4.09. The van der Waals surface area contributed by atoms with Gasteiger partial charge in [-0.15, -0.1) is 11.3 Å². The zero-order valence-electron chi connectivity index (χ0n) is 12.2. The zero-order chi connectivity index (χ0) is 15.9. The molecule has 1 atom stereocenters. The van der Waals surface area contributed by atoms with Crippen LogP contribution in [0, 0.1) is 0 Å². The predicted octanol–water partition coefficient (Wildman–Crippen LogP) is 2.02. The van der Waals surface area contributed by atoms with Crippen molar-refractivity contribution in [2.24, 2.45) is 0 Å². The Morgan fingerprint density at radius 1 is 1.41 bits per heavy atom. The van der Waals surface area contributed by atoms with Gasteiger partial charge in [0.05, 0.1) is 14.2 Å². The Morgan fingerprint density at radius 2 is 2.23 bits per heavy atom. The van der Waals surface area contributed by atoms with Crippen LogP contribution in [0.5, 0.6) is 11.5 Å². The van der Waals surface area contributed by atoms with Gasteiger partial charge in [-0.05, 0) is 18.2 Å². The minimum absolute atomic E-state index is 0.0285. The van der Waals surface area contributed by atoms with Crippen LogP contribution in [-0.2, 0) is 0 Å². The Hall–Kier alpha value is -2.32. The minimum Gasteiger partial charge on any atom is -0.497 e. The highest BCUT2D eigenvalue weighted by Gasteiger charge is 2.16. The molecule has 2 amide bonds.